The van der Waals surface area contributed by atoms with Gasteiger partial charge in [-0.3, -0.25) is 14.5 Å². The fraction of sp³-hybridized carbons (Fsp3) is 0.667. The topological polar surface area (TPSA) is 77.9 Å². The van der Waals surface area contributed by atoms with E-state index < -0.39 is 18.0 Å². The van der Waals surface area contributed by atoms with Gasteiger partial charge in [0.1, 0.15) is 6.04 Å². The molecule has 1 atom stereocenters. The zero-order chi connectivity index (χ0) is 11.6. The van der Waals surface area contributed by atoms with E-state index in [1.807, 2.05) is 0 Å². The number of urea groups is 1. The van der Waals surface area contributed by atoms with Gasteiger partial charge in [-0.25, -0.2) is 4.79 Å². The van der Waals surface area contributed by atoms with Gasteiger partial charge in [-0.15, -0.1) is 0 Å². The van der Waals surface area contributed by atoms with Gasteiger partial charge in [0.25, 0.3) is 5.91 Å². The number of hydrogen-bond donors (Lipinski definition) is 1. The average molecular weight is 214 g/mol. The van der Waals surface area contributed by atoms with Crippen LogP contribution in [0.4, 0.5) is 4.79 Å². The Morgan fingerprint density at radius 2 is 2.07 bits per heavy atom. The summed E-state index contributed by atoms with van der Waals surface area (Å²) in [5.41, 5.74) is 0. The van der Waals surface area contributed by atoms with Crippen LogP contribution in [-0.4, -0.2) is 51.9 Å². The van der Waals surface area contributed by atoms with Gasteiger partial charge < -0.3 is 10.0 Å². The lowest BCUT2D eigenvalue weighted by molar-refractivity contribution is -0.137. The predicted molar refractivity (Wildman–Crippen MR) is 51.2 cm³/mol. The summed E-state index contributed by atoms with van der Waals surface area (Å²) in [7, 11) is 0. The molecule has 1 saturated heterocycles. The third kappa shape index (κ3) is 2.08. The number of carboxylic acids is 1. The third-order valence-electron chi connectivity index (χ3n) is 2.46. The van der Waals surface area contributed by atoms with Crippen molar-refractivity contribution in [3.05, 3.63) is 0 Å². The summed E-state index contributed by atoms with van der Waals surface area (Å²) in [6.07, 6.45) is -0.207. The zero-order valence-corrected chi connectivity index (χ0v) is 8.77. The summed E-state index contributed by atoms with van der Waals surface area (Å²) < 4.78 is 0. The molecule has 0 saturated carbocycles. The molecule has 0 aromatic carbocycles. The Balaban J connectivity index is 2.70. The first-order valence-corrected chi connectivity index (χ1v) is 4.82. The van der Waals surface area contributed by atoms with Crippen LogP contribution in [0.1, 0.15) is 20.3 Å². The van der Waals surface area contributed by atoms with Crippen molar-refractivity contribution >= 4 is 17.9 Å². The van der Waals surface area contributed by atoms with Crippen molar-refractivity contribution in [3.8, 4) is 0 Å². The molecule has 0 radical (unpaired) electrons. The first kappa shape index (κ1) is 11.5. The lowest BCUT2D eigenvalue weighted by Crippen LogP contribution is -2.34. The van der Waals surface area contributed by atoms with E-state index in [0.717, 1.165) is 4.90 Å². The summed E-state index contributed by atoms with van der Waals surface area (Å²) in [6.45, 7) is 3.83. The minimum atomic E-state index is -1.02. The zero-order valence-electron chi connectivity index (χ0n) is 8.77. The van der Waals surface area contributed by atoms with Crippen LogP contribution in [0.5, 0.6) is 0 Å². The molecule has 1 aliphatic heterocycles. The second-order valence-corrected chi connectivity index (χ2v) is 3.38. The number of aliphatic carboxylic acids is 1. The van der Waals surface area contributed by atoms with Crippen LogP contribution in [-0.2, 0) is 9.59 Å². The molecule has 1 heterocycles. The number of carboxylic acid groups (broad SMARTS) is 1. The van der Waals surface area contributed by atoms with Crippen molar-refractivity contribution < 1.29 is 19.5 Å². The first-order valence-electron chi connectivity index (χ1n) is 4.82. The monoisotopic (exact) mass is 214 g/mol. The fourth-order valence-electron chi connectivity index (χ4n) is 1.60. The Morgan fingerprint density at radius 1 is 1.47 bits per heavy atom. The molecule has 0 aromatic heterocycles. The summed E-state index contributed by atoms with van der Waals surface area (Å²) >= 11 is 0. The Hall–Kier alpha value is -1.59. The maximum atomic E-state index is 11.6. The molecule has 1 fully saturated rings. The third-order valence-corrected chi connectivity index (χ3v) is 2.46. The summed E-state index contributed by atoms with van der Waals surface area (Å²) in [5.74, 6) is -1.33. The number of rotatable bonds is 4. The number of nitrogens with zero attached hydrogens (tertiary/aromatic N) is 2. The van der Waals surface area contributed by atoms with Crippen molar-refractivity contribution in [2.45, 2.75) is 26.3 Å². The highest BCUT2D eigenvalue weighted by atomic mass is 16.4. The lowest BCUT2D eigenvalue weighted by atomic mass is 10.3. The molecule has 6 nitrogen and oxygen atoms in total. The number of hydrogen-bond acceptors (Lipinski definition) is 3. The molecular weight excluding hydrogens is 200 g/mol. The van der Waals surface area contributed by atoms with E-state index >= 15 is 0 Å². The fourth-order valence-corrected chi connectivity index (χ4v) is 1.60. The number of amides is 3. The summed E-state index contributed by atoms with van der Waals surface area (Å²) in [5, 5.41) is 8.47. The molecule has 0 aliphatic carbocycles. The molecule has 3 amide bonds. The van der Waals surface area contributed by atoms with Crippen molar-refractivity contribution in [1.29, 1.82) is 0 Å². The second-order valence-electron chi connectivity index (χ2n) is 3.38. The number of likely N-dealkylation sites (N-methyl/N-ethyl adjacent to an activating group) is 1. The Labute approximate surface area is 87.5 Å². The second kappa shape index (κ2) is 4.29. The van der Waals surface area contributed by atoms with Gasteiger partial charge in [-0.05, 0) is 13.8 Å². The first-order chi connectivity index (χ1) is 6.99. The highest BCUT2D eigenvalue weighted by Gasteiger charge is 2.41. The molecule has 1 rings (SSSR count). The Kier molecular flexibility index (Phi) is 3.28. The molecule has 0 aromatic rings. The van der Waals surface area contributed by atoms with Gasteiger partial charge >= 0.3 is 12.0 Å². The molecule has 1 unspecified atom stereocenters. The van der Waals surface area contributed by atoms with Gasteiger partial charge in [-0.1, -0.05) is 0 Å². The van der Waals surface area contributed by atoms with E-state index in [2.05, 4.69) is 0 Å². The molecule has 15 heavy (non-hydrogen) atoms. The number of carbonyl (C=O) groups excluding carboxylic acids is 2. The van der Waals surface area contributed by atoms with Crippen molar-refractivity contribution in [2.75, 3.05) is 13.1 Å². The Morgan fingerprint density at radius 3 is 2.47 bits per heavy atom. The van der Waals surface area contributed by atoms with Gasteiger partial charge in [0.15, 0.2) is 0 Å². The van der Waals surface area contributed by atoms with E-state index in [1.165, 1.54) is 4.90 Å². The van der Waals surface area contributed by atoms with Gasteiger partial charge in [-0.2, -0.15) is 0 Å². The van der Waals surface area contributed by atoms with Crippen molar-refractivity contribution in [3.63, 3.8) is 0 Å². The lowest BCUT2D eigenvalue weighted by Gasteiger charge is -2.16. The van der Waals surface area contributed by atoms with Gasteiger partial charge in [0.2, 0.25) is 0 Å². The Bertz CT molecular complexity index is 302. The highest BCUT2D eigenvalue weighted by molar-refractivity contribution is 6.04. The van der Waals surface area contributed by atoms with E-state index in [0.29, 0.717) is 6.54 Å². The maximum Gasteiger partial charge on any atom is 0.327 e. The maximum absolute atomic E-state index is 11.6. The summed E-state index contributed by atoms with van der Waals surface area (Å²) in [6, 6.07) is -0.868. The predicted octanol–water partition coefficient (Wildman–Crippen LogP) is 0.134. The van der Waals surface area contributed by atoms with E-state index in [1.54, 1.807) is 13.8 Å². The average Bonchev–Trinajstić information content (AvgIpc) is 2.36. The molecule has 84 valence electrons. The molecule has 1 aliphatic rings. The van der Waals surface area contributed by atoms with E-state index in [9.17, 15) is 14.4 Å². The number of imide groups is 1. The van der Waals surface area contributed by atoms with Crippen LogP contribution in [0.25, 0.3) is 0 Å². The van der Waals surface area contributed by atoms with Crippen LogP contribution in [0, 0.1) is 0 Å². The van der Waals surface area contributed by atoms with Crippen LogP contribution in [0.2, 0.25) is 0 Å². The van der Waals surface area contributed by atoms with Gasteiger partial charge in [0, 0.05) is 13.1 Å². The molecular formula is C9H14N2O4. The largest absolute Gasteiger partial charge is 0.481 e. The normalized spacial score (nSPS) is 21.3. The standard InChI is InChI=1S/C9H14N2O4/c1-3-10-6(2)8(14)11(9(10)15)5-4-7(12)13/h6H,3-5H2,1-2H3,(H,12,13). The highest BCUT2D eigenvalue weighted by Crippen LogP contribution is 2.16. The van der Waals surface area contributed by atoms with Crippen LogP contribution in [0.15, 0.2) is 0 Å². The van der Waals surface area contributed by atoms with Gasteiger partial charge in [0.05, 0.1) is 6.42 Å². The van der Waals surface area contributed by atoms with Crippen molar-refractivity contribution in [1.82, 2.24) is 9.80 Å². The minimum Gasteiger partial charge on any atom is -0.481 e. The molecule has 0 bridgehead atoms. The molecule has 0 spiro atoms. The van der Waals surface area contributed by atoms with Crippen LogP contribution < -0.4 is 0 Å². The summed E-state index contributed by atoms with van der Waals surface area (Å²) in [4.78, 5) is 35.9. The smallest absolute Gasteiger partial charge is 0.327 e. The van der Waals surface area contributed by atoms with E-state index in [4.69, 9.17) is 5.11 Å². The van der Waals surface area contributed by atoms with Crippen LogP contribution >= 0.6 is 0 Å². The van der Waals surface area contributed by atoms with Crippen molar-refractivity contribution in [2.24, 2.45) is 0 Å². The molecule has 6 heteroatoms. The number of carbonyl (C=O) groups is 3. The van der Waals surface area contributed by atoms with Crippen LogP contribution in [0.3, 0.4) is 0 Å². The molecule has 1 N–H and O–H groups in total. The SMILES string of the molecule is CCN1C(=O)N(CCC(=O)O)C(=O)C1C. The van der Waals surface area contributed by atoms with E-state index in [-0.39, 0.29) is 18.9 Å². The quantitative estimate of drug-likeness (QED) is 0.675. The minimum absolute atomic E-state index is 0.0478.